The van der Waals surface area contributed by atoms with Crippen molar-refractivity contribution >= 4 is 11.7 Å². The number of hydrogen-bond acceptors (Lipinski definition) is 4. The van der Waals surface area contributed by atoms with Gasteiger partial charge in [-0.25, -0.2) is 4.79 Å². The molecule has 1 N–H and O–H groups in total. The molecule has 2 aromatic rings. The second-order valence-corrected chi connectivity index (χ2v) is 3.98. The smallest absolute Gasteiger partial charge is 0.335 e. The van der Waals surface area contributed by atoms with Gasteiger partial charge >= 0.3 is 5.97 Å². The Morgan fingerprint density at radius 3 is 2.63 bits per heavy atom. The molecule has 96 valence electrons. The van der Waals surface area contributed by atoms with Crippen molar-refractivity contribution in [1.82, 2.24) is 4.98 Å². The molecule has 0 unspecified atom stereocenters. The fraction of sp³-hybridized carbons (Fsp3) is 0.0769. The van der Waals surface area contributed by atoms with Crippen LogP contribution in [-0.2, 0) is 0 Å². The molecule has 0 aliphatic heterocycles. The molecule has 0 saturated heterocycles. The molecule has 0 spiro atoms. The van der Waals surface area contributed by atoms with E-state index in [4.69, 9.17) is 5.11 Å². The third kappa shape index (κ3) is 2.57. The standard InChI is InChI=1S/C13H10N2O4/c1-8-6-9(4-5-14-8)11-3-2-10(13(16)17)7-12(11)15(18)19/h2-7H,1H3,(H,16,17). The van der Waals surface area contributed by atoms with Gasteiger partial charge in [-0.15, -0.1) is 0 Å². The SMILES string of the molecule is Cc1cc(-c2ccc(C(=O)O)cc2[N+](=O)[O-])ccn1. The summed E-state index contributed by atoms with van der Waals surface area (Å²) in [5, 5.41) is 19.9. The number of benzene rings is 1. The Labute approximate surface area is 108 Å². The van der Waals surface area contributed by atoms with Crippen molar-refractivity contribution in [2.45, 2.75) is 6.92 Å². The molecule has 0 amide bonds. The average molecular weight is 258 g/mol. The average Bonchev–Trinajstić information content (AvgIpc) is 2.37. The lowest BCUT2D eigenvalue weighted by Gasteiger charge is -2.05. The van der Waals surface area contributed by atoms with E-state index in [2.05, 4.69) is 4.98 Å². The molecule has 2 rings (SSSR count). The molecular weight excluding hydrogens is 248 g/mol. The summed E-state index contributed by atoms with van der Waals surface area (Å²) in [5.41, 5.74) is 1.40. The van der Waals surface area contributed by atoms with Crippen LogP contribution in [0.1, 0.15) is 16.1 Å². The zero-order chi connectivity index (χ0) is 14.0. The normalized spacial score (nSPS) is 10.2. The van der Waals surface area contributed by atoms with E-state index in [9.17, 15) is 14.9 Å². The molecule has 0 bridgehead atoms. The number of nitrogens with zero attached hydrogens (tertiary/aromatic N) is 2. The van der Waals surface area contributed by atoms with Crippen LogP contribution in [0.2, 0.25) is 0 Å². The number of hydrogen-bond donors (Lipinski definition) is 1. The van der Waals surface area contributed by atoms with E-state index in [1.165, 1.54) is 12.1 Å². The van der Waals surface area contributed by atoms with Gasteiger partial charge in [0.05, 0.1) is 16.1 Å². The largest absolute Gasteiger partial charge is 0.478 e. The highest BCUT2D eigenvalue weighted by molar-refractivity contribution is 5.90. The Balaban J connectivity index is 2.63. The minimum absolute atomic E-state index is 0.110. The lowest BCUT2D eigenvalue weighted by molar-refractivity contribution is -0.384. The number of nitro benzene ring substituents is 1. The molecule has 0 fully saturated rings. The van der Waals surface area contributed by atoms with Gasteiger partial charge in [-0.05, 0) is 36.8 Å². The summed E-state index contributed by atoms with van der Waals surface area (Å²) in [6.07, 6.45) is 1.56. The molecule has 6 nitrogen and oxygen atoms in total. The van der Waals surface area contributed by atoms with Crippen molar-refractivity contribution in [1.29, 1.82) is 0 Å². The number of carbonyl (C=O) groups is 1. The van der Waals surface area contributed by atoms with E-state index in [0.29, 0.717) is 11.1 Å². The summed E-state index contributed by atoms with van der Waals surface area (Å²) in [7, 11) is 0. The number of pyridine rings is 1. The van der Waals surface area contributed by atoms with Crippen molar-refractivity contribution < 1.29 is 14.8 Å². The number of aromatic carboxylic acids is 1. The van der Waals surface area contributed by atoms with Crippen LogP contribution in [0.4, 0.5) is 5.69 Å². The maximum absolute atomic E-state index is 11.1. The Kier molecular flexibility index (Phi) is 3.24. The first-order valence-electron chi connectivity index (χ1n) is 5.44. The molecule has 1 aromatic heterocycles. The first-order chi connectivity index (χ1) is 8.99. The van der Waals surface area contributed by atoms with Crippen molar-refractivity contribution in [3.8, 4) is 11.1 Å². The van der Waals surface area contributed by atoms with E-state index >= 15 is 0 Å². The van der Waals surface area contributed by atoms with Gasteiger partial charge in [0.25, 0.3) is 5.69 Å². The number of carboxylic acid groups (broad SMARTS) is 1. The van der Waals surface area contributed by atoms with Crippen molar-refractivity contribution in [2.75, 3.05) is 0 Å². The van der Waals surface area contributed by atoms with Crippen molar-refractivity contribution in [2.24, 2.45) is 0 Å². The third-order valence-electron chi connectivity index (χ3n) is 2.65. The number of carboxylic acids is 1. The van der Waals surface area contributed by atoms with Crippen LogP contribution in [0.15, 0.2) is 36.5 Å². The predicted molar refractivity (Wildman–Crippen MR) is 68.0 cm³/mol. The Hall–Kier alpha value is -2.76. The van der Waals surface area contributed by atoms with Crippen LogP contribution in [0.25, 0.3) is 11.1 Å². The molecule has 19 heavy (non-hydrogen) atoms. The molecule has 6 heteroatoms. The summed E-state index contributed by atoms with van der Waals surface area (Å²) in [5.74, 6) is -1.19. The van der Waals surface area contributed by atoms with Gasteiger partial charge in [0, 0.05) is 18.0 Å². The van der Waals surface area contributed by atoms with Crippen LogP contribution in [0.3, 0.4) is 0 Å². The topological polar surface area (TPSA) is 93.3 Å². The second kappa shape index (κ2) is 4.85. The van der Waals surface area contributed by atoms with E-state index < -0.39 is 10.9 Å². The van der Waals surface area contributed by atoms with Crippen LogP contribution in [-0.4, -0.2) is 21.0 Å². The summed E-state index contributed by atoms with van der Waals surface area (Å²) >= 11 is 0. The van der Waals surface area contributed by atoms with Crippen LogP contribution >= 0.6 is 0 Å². The van der Waals surface area contributed by atoms with Gasteiger partial charge in [0.15, 0.2) is 0 Å². The zero-order valence-electron chi connectivity index (χ0n) is 10.0. The molecular formula is C13H10N2O4. The predicted octanol–water partition coefficient (Wildman–Crippen LogP) is 2.66. The molecule has 0 radical (unpaired) electrons. The summed E-state index contributed by atoms with van der Waals surface area (Å²) in [4.78, 5) is 25.3. The van der Waals surface area contributed by atoms with Crippen LogP contribution in [0.5, 0.6) is 0 Å². The lowest BCUT2D eigenvalue weighted by Crippen LogP contribution is -1.99. The lowest BCUT2D eigenvalue weighted by atomic mass is 10.0. The zero-order valence-corrected chi connectivity index (χ0v) is 10.0. The van der Waals surface area contributed by atoms with Gasteiger partial charge in [-0.3, -0.25) is 15.1 Å². The summed E-state index contributed by atoms with van der Waals surface area (Å²) < 4.78 is 0. The van der Waals surface area contributed by atoms with Gasteiger partial charge in [-0.1, -0.05) is 0 Å². The molecule has 0 atom stereocenters. The molecule has 1 heterocycles. The van der Waals surface area contributed by atoms with Crippen molar-refractivity contribution in [3.63, 3.8) is 0 Å². The maximum atomic E-state index is 11.1. The highest BCUT2D eigenvalue weighted by Gasteiger charge is 2.18. The number of nitro groups is 1. The van der Waals surface area contributed by atoms with E-state index in [-0.39, 0.29) is 11.3 Å². The fourth-order valence-electron chi connectivity index (χ4n) is 1.77. The number of aromatic nitrogens is 1. The van der Waals surface area contributed by atoms with Crippen LogP contribution in [0, 0.1) is 17.0 Å². The minimum atomic E-state index is -1.19. The Bertz CT molecular complexity index is 667. The van der Waals surface area contributed by atoms with Gasteiger partial charge in [0.1, 0.15) is 0 Å². The maximum Gasteiger partial charge on any atom is 0.335 e. The first kappa shape index (κ1) is 12.7. The quantitative estimate of drug-likeness (QED) is 0.674. The first-order valence-corrected chi connectivity index (χ1v) is 5.44. The van der Waals surface area contributed by atoms with Gasteiger partial charge < -0.3 is 5.11 Å². The van der Waals surface area contributed by atoms with E-state index in [1.54, 1.807) is 25.3 Å². The van der Waals surface area contributed by atoms with Gasteiger partial charge in [-0.2, -0.15) is 0 Å². The number of rotatable bonds is 3. The minimum Gasteiger partial charge on any atom is -0.478 e. The monoisotopic (exact) mass is 258 g/mol. The van der Waals surface area contributed by atoms with Crippen molar-refractivity contribution in [3.05, 3.63) is 57.9 Å². The Morgan fingerprint density at radius 2 is 2.05 bits per heavy atom. The Morgan fingerprint density at radius 1 is 1.32 bits per heavy atom. The molecule has 0 aliphatic rings. The molecule has 0 aliphatic carbocycles. The fourth-order valence-corrected chi connectivity index (χ4v) is 1.77. The molecule has 1 aromatic carbocycles. The van der Waals surface area contributed by atoms with E-state index in [1.807, 2.05) is 0 Å². The highest BCUT2D eigenvalue weighted by atomic mass is 16.6. The number of aryl methyl sites for hydroxylation is 1. The van der Waals surface area contributed by atoms with E-state index in [0.717, 1.165) is 11.8 Å². The summed E-state index contributed by atoms with van der Waals surface area (Å²) in [6, 6.07) is 7.21. The third-order valence-corrected chi connectivity index (χ3v) is 2.65. The highest BCUT2D eigenvalue weighted by Crippen LogP contribution is 2.30. The second-order valence-electron chi connectivity index (χ2n) is 3.98. The van der Waals surface area contributed by atoms with Crippen LogP contribution < -0.4 is 0 Å². The molecule has 0 saturated carbocycles. The summed E-state index contributed by atoms with van der Waals surface area (Å²) in [6.45, 7) is 1.78. The van der Waals surface area contributed by atoms with Gasteiger partial charge in [0.2, 0.25) is 0 Å².